The topological polar surface area (TPSA) is 24.1 Å². The van der Waals surface area contributed by atoms with Gasteiger partial charge in [-0.15, -0.1) is 0 Å². The van der Waals surface area contributed by atoms with Crippen LogP contribution in [0.5, 0.6) is 0 Å². The summed E-state index contributed by atoms with van der Waals surface area (Å²) < 4.78 is 0. The van der Waals surface area contributed by atoms with E-state index in [0.29, 0.717) is 6.67 Å². The second-order valence-electron chi connectivity index (χ2n) is 15.5. The number of aryl methyl sites for hydroxylation is 1. The quantitative estimate of drug-likeness (QED) is 0.159. The van der Waals surface area contributed by atoms with Gasteiger partial charge in [0.25, 0.3) is 0 Å². The van der Waals surface area contributed by atoms with Crippen LogP contribution >= 0.6 is 0 Å². The molecule has 274 valence electrons. The summed E-state index contributed by atoms with van der Waals surface area (Å²) in [5, 5.41) is 15.6. The molecular weight excluding hydrogens is 689 g/mol. The zero-order chi connectivity index (χ0) is 38.7. The van der Waals surface area contributed by atoms with Crippen molar-refractivity contribution in [1.29, 1.82) is 0 Å². The van der Waals surface area contributed by atoms with Crippen molar-refractivity contribution in [3.63, 3.8) is 0 Å². The lowest BCUT2D eigenvalue weighted by Gasteiger charge is -2.43. The highest BCUT2D eigenvalue weighted by Gasteiger charge is 2.41. The van der Waals surface area contributed by atoms with Gasteiger partial charge in [-0.1, -0.05) is 164 Å². The van der Waals surface area contributed by atoms with Gasteiger partial charge in [-0.25, -0.2) is 0 Å². The van der Waals surface area contributed by atoms with Gasteiger partial charge in [0.1, 0.15) is 0 Å². The van der Waals surface area contributed by atoms with Gasteiger partial charge in [-0.3, -0.25) is 5.32 Å². The maximum absolute atomic E-state index is 4.15. The van der Waals surface area contributed by atoms with Crippen LogP contribution in [0.15, 0.2) is 182 Å². The molecule has 0 aromatic heterocycles. The minimum absolute atomic E-state index is 0.612. The SMILES string of the molecule is C=Cc1ccccc1-c1cccc(-c2cc(-c3ccc4ccc5cccc6ccc3c4c56)cc(C3(c4ccccc4)NCNC(c4ccccc4C)=C3C)c2)c1C. The van der Waals surface area contributed by atoms with E-state index in [2.05, 4.69) is 208 Å². The molecule has 1 aliphatic rings. The highest BCUT2D eigenvalue weighted by atomic mass is 15.1. The second-order valence-corrected chi connectivity index (χ2v) is 15.5. The van der Waals surface area contributed by atoms with E-state index < -0.39 is 5.54 Å². The fourth-order valence-corrected chi connectivity index (χ4v) is 9.66. The molecule has 0 radical (unpaired) electrons. The van der Waals surface area contributed by atoms with E-state index in [1.165, 1.54) is 105 Å². The molecule has 0 bridgehead atoms. The summed E-state index contributed by atoms with van der Waals surface area (Å²) in [6, 6.07) is 62.8. The van der Waals surface area contributed by atoms with Crippen LogP contribution in [0.25, 0.3) is 77.5 Å². The Hall–Kier alpha value is -6.74. The van der Waals surface area contributed by atoms with Crippen LogP contribution in [0.3, 0.4) is 0 Å². The van der Waals surface area contributed by atoms with E-state index >= 15 is 0 Å². The summed E-state index contributed by atoms with van der Waals surface area (Å²) in [4.78, 5) is 0. The van der Waals surface area contributed by atoms with Gasteiger partial charge in [0.05, 0.1) is 12.2 Å². The molecule has 0 fully saturated rings. The molecule has 2 heteroatoms. The largest absolute Gasteiger partial charge is 0.372 e. The molecule has 1 aliphatic heterocycles. The first kappa shape index (κ1) is 34.7. The number of rotatable bonds is 7. The smallest absolute Gasteiger partial charge is 0.0941 e. The Balaban J connectivity index is 1.30. The van der Waals surface area contributed by atoms with Crippen molar-refractivity contribution in [2.75, 3.05) is 6.67 Å². The van der Waals surface area contributed by atoms with Gasteiger partial charge in [-0.05, 0) is 138 Å². The highest BCUT2D eigenvalue weighted by molar-refractivity contribution is 6.25. The Kier molecular flexibility index (Phi) is 8.39. The molecular formula is C55H44N2. The Bertz CT molecular complexity index is 3030. The van der Waals surface area contributed by atoms with Crippen LogP contribution < -0.4 is 10.6 Å². The third-order valence-electron chi connectivity index (χ3n) is 12.5. The minimum Gasteiger partial charge on any atom is -0.372 e. The van der Waals surface area contributed by atoms with Gasteiger partial charge in [0.2, 0.25) is 0 Å². The molecule has 1 atom stereocenters. The van der Waals surface area contributed by atoms with Crippen molar-refractivity contribution in [3.05, 3.63) is 215 Å². The lowest BCUT2D eigenvalue weighted by molar-refractivity contribution is 0.433. The number of hydrogen-bond acceptors (Lipinski definition) is 2. The van der Waals surface area contributed by atoms with Crippen LogP contribution in [0.2, 0.25) is 0 Å². The summed E-state index contributed by atoms with van der Waals surface area (Å²) in [5.74, 6) is 0. The first-order chi connectivity index (χ1) is 28.0. The summed E-state index contributed by atoms with van der Waals surface area (Å²) >= 11 is 0. The van der Waals surface area contributed by atoms with E-state index in [4.69, 9.17) is 0 Å². The maximum atomic E-state index is 4.15. The number of benzene rings is 9. The number of nitrogens with one attached hydrogen (secondary N) is 2. The molecule has 9 aromatic carbocycles. The van der Waals surface area contributed by atoms with Crippen LogP contribution in [0, 0.1) is 13.8 Å². The molecule has 2 nitrogen and oxygen atoms in total. The van der Waals surface area contributed by atoms with Crippen molar-refractivity contribution >= 4 is 44.1 Å². The van der Waals surface area contributed by atoms with Crippen LogP contribution in [0.1, 0.15) is 40.3 Å². The molecule has 2 N–H and O–H groups in total. The lowest BCUT2D eigenvalue weighted by atomic mass is 9.73. The van der Waals surface area contributed by atoms with Gasteiger partial charge in [0.15, 0.2) is 0 Å². The Morgan fingerprint density at radius 1 is 0.509 bits per heavy atom. The Morgan fingerprint density at radius 2 is 1.12 bits per heavy atom. The van der Waals surface area contributed by atoms with E-state index in [9.17, 15) is 0 Å². The Morgan fingerprint density at radius 3 is 1.89 bits per heavy atom. The van der Waals surface area contributed by atoms with Crippen molar-refractivity contribution < 1.29 is 0 Å². The molecule has 1 unspecified atom stereocenters. The zero-order valence-corrected chi connectivity index (χ0v) is 32.7. The lowest BCUT2D eigenvalue weighted by Crippen LogP contribution is -2.52. The first-order valence-electron chi connectivity index (χ1n) is 19.9. The van der Waals surface area contributed by atoms with Crippen LogP contribution in [-0.2, 0) is 5.54 Å². The predicted molar refractivity (Wildman–Crippen MR) is 243 cm³/mol. The average molecular weight is 733 g/mol. The average Bonchev–Trinajstić information content (AvgIpc) is 3.26. The van der Waals surface area contributed by atoms with Crippen LogP contribution in [0.4, 0.5) is 0 Å². The minimum atomic E-state index is -0.625. The fourth-order valence-electron chi connectivity index (χ4n) is 9.66. The maximum Gasteiger partial charge on any atom is 0.0941 e. The fraction of sp³-hybridized carbons (Fsp3) is 0.0909. The molecule has 57 heavy (non-hydrogen) atoms. The summed E-state index contributed by atoms with van der Waals surface area (Å²) in [6.07, 6.45) is 1.96. The van der Waals surface area contributed by atoms with Gasteiger partial charge >= 0.3 is 0 Å². The van der Waals surface area contributed by atoms with E-state index in [1.54, 1.807) is 0 Å². The molecule has 0 spiro atoms. The monoisotopic (exact) mass is 732 g/mol. The van der Waals surface area contributed by atoms with Crippen molar-refractivity contribution in [2.45, 2.75) is 26.3 Å². The standard InChI is InChI=1S/C55H44N2/c1-5-38-16-10-12-22-49(38)48-24-14-23-47(36(48)3)42-31-43(50-29-27-41-26-25-39-17-13-18-40-28-30-51(50)53(41)52(39)40)33-45(32-42)55(44-19-7-6-8-20-44)37(4)54(56-34-57-55)46-21-11-9-15-35(46)2/h5-33,56-57H,1,34H2,2-4H3. The van der Waals surface area contributed by atoms with Crippen LogP contribution in [-0.4, -0.2) is 6.67 Å². The van der Waals surface area contributed by atoms with Gasteiger partial charge < -0.3 is 5.32 Å². The zero-order valence-electron chi connectivity index (χ0n) is 32.7. The third-order valence-corrected chi connectivity index (χ3v) is 12.5. The summed E-state index contributed by atoms with van der Waals surface area (Å²) in [5.41, 5.74) is 16.3. The van der Waals surface area contributed by atoms with Gasteiger partial charge in [0, 0.05) is 11.3 Å². The normalized spacial score (nSPS) is 15.7. The van der Waals surface area contributed by atoms with Crippen molar-refractivity contribution in [1.82, 2.24) is 10.6 Å². The van der Waals surface area contributed by atoms with E-state index in [1.807, 2.05) is 6.08 Å². The second kappa shape index (κ2) is 13.8. The van der Waals surface area contributed by atoms with E-state index in [-0.39, 0.29) is 0 Å². The van der Waals surface area contributed by atoms with E-state index in [0.717, 1.165) is 5.56 Å². The summed E-state index contributed by atoms with van der Waals surface area (Å²) in [6.45, 7) is 11.5. The van der Waals surface area contributed by atoms with Crippen molar-refractivity contribution in [2.24, 2.45) is 0 Å². The Labute approximate surface area is 335 Å². The molecule has 0 aliphatic carbocycles. The molecule has 10 rings (SSSR count). The first-order valence-corrected chi connectivity index (χ1v) is 19.9. The highest BCUT2D eigenvalue weighted by Crippen LogP contribution is 2.47. The molecule has 9 aromatic rings. The molecule has 0 saturated heterocycles. The summed E-state index contributed by atoms with van der Waals surface area (Å²) in [7, 11) is 0. The molecule has 1 heterocycles. The predicted octanol–water partition coefficient (Wildman–Crippen LogP) is 13.7. The van der Waals surface area contributed by atoms with Crippen molar-refractivity contribution in [3.8, 4) is 33.4 Å². The number of hydrogen-bond donors (Lipinski definition) is 2. The van der Waals surface area contributed by atoms with Gasteiger partial charge in [-0.2, -0.15) is 0 Å². The molecule has 0 saturated carbocycles. The third kappa shape index (κ3) is 5.51. The molecule has 0 amide bonds.